The Bertz CT molecular complexity index is 1120. The number of nitrogens with one attached hydrogen (secondary N) is 1. The predicted octanol–water partition coefficient (Wildman–Crippen LogP) is 4.71. The molecular formula is C20H20ClN3O2S. The summed E-state index contributed by atoms with van der Waals surface area (Å²) in [6.07, 6.45) is 3.97. The average Bonchev–Trinajstić information content (AvgIpc) is 2.79. The van der Waals surface area contributed by atoms with Crippen molar-refractivity contribution in [1.82, 2.24) is 9.55 Å². The maximum absolute atomic E-state index is 13.0. The molecule has 1 aromatic carbocycles. The third-order valence-electron chi connectivity index (χ3n) is 5.05. The summed E-state index contributed by atoms with van der Waals surface area (Å²) >= 11 is 7.28. The van der Waals surface area contributed by atoms with Crippen molar-refractivity contribution < 1.29 is 4.79 Å². The Kier molecular flexibility index (Phi) is 4.78. The zero-order chi connectivity index (χ0) is 19.1. The number of benzene rings is 1. The monoisotopic (exact) mass is 401 g/mol. The van der Waals surface area contributed by atoms with Gasteiger partial charge in [-0.05, 0) is 56.0 Å². The van der Waals surface area contributed by atoms with Crippen LogP contribution in [0.4, 0.5) is 5.69 Å². The van der Waals surface area contributed by atoms with Crippen molar-refractivity contribution >= 4 is 44.7 Å². The summed E-state index contributed by atoms with van der Waals surface area (Å²) in [5.41, 5.74) is 2.28. The lowest BCUT2D eigenvalue weighted by Crippen LogP contribution is -2.24. The van der Waals surface area contributed by atoms with E-state index in [-0.39, 0.29) is 11.5 Å². The fourth-order valence-electron chi connectivity index (χ4n) is 3.57. The van der Waals surface area contributed by atoms with Crippen LogP contribution in [0.15, 0.2) is 23.0 Å². The number of halogens is 1. The Morgan fingerprint density at radius 3 is 2.85 bits per heavy atom. The fraction of sp³-hybridized carbons (Fsp3) is 0.350. The molecule has 0 spiro atoms. The molecule has 1 aliphatic heterocycles. The van der Waals surface area contributed by atoms with Gasteiger partial charge in [0.05, 0.1) is 10.3 Å². The Hall–Kier alpha value is -2.18. The zero-order valence-corrected chi connectivity index (χ0v) is 16.8. The standard InChI is InChI=1S/C20H20ClN3O2S/c1-11-10-13(21)7-8-14(11)22-18(25)17-12(2)16-19(27-17)23-15-6-4-3-5-9-24(15)20(16)26/h7-8,10H,3-6,9H2,1-2H3,(H,22,25). The minimum absolute atomic E-state index is 0.0210. The lowest BCUT2D eigenvalue weighted by atomic mass is 10.1. The van der Waals surface area contributed by atoms with Gasteiger partial charge in [0.2, 0.25) is 0 Å². The van der Waals surface area contributed by atoms with Gasteiger partial charge in [0.25, 0.3) is 11.5 Å². The number of rotatable bonds is 2. The van der Waals surface area contributed by atoms with Crippen LogP contribution in [0.25, 0.3) is 10.2 Å². The number of amides is 1. The fourth-order valence-corrected chi connectivity index (χ4v) is 4.89. The molecule has 2 aromatic heterocycles. The summed E-state index contributed by atoms with van der Waals surface area (Å²) in [6.45, 7) is 4.43. The van der Waals surface area contributed by atoms with E-state index in [0.717, 1.165) is 37.1 Å². The summed E-state index contributed by atoms with van der Waals surface area (Å²) in [6, 6.07) is 5.33. The molecule has 1 N–H and O–H groups in total. The second-order valence-electron chi connectivity index (χ2n) is 6.95. The van der Waals surface area contributed by atoms with Crippen LogP contribution in [0, 0.1) is 13.8 Å². The molecule has 1 amide bonds. The molecule has 0 unspecified atom stereocenters. The van der Waals surface area contributed by atoms with E-state index in [1.54, 1.807) is 22.8 Å². The highest BCUT2D eigenvalue weighted by Gasteiger charge is 2.22. The van der Waals surface area contributed by atoms with Gasteiger partial charge in [-0.25, -0.2) is 4.98 Å². The number of aryl methyl sites for hydroxylation is 3. The minimum Gasteiger partial charge on any atom is -0.321 e. The Balaban J connectivity index is 1.76. The van der Waals surface area contributed by atoms with Crippen molar-refractivity contribution in [2.24, 2.45) is 0 Å². The van der Waals surface area contributed by atoms with E-state index in [1.807, 2.05) is 13.8 Å². The third kappa shape index (κ3) is 3.28. The highest BCUT2D eigenvalue weighted by Crippen LogP contribution is 2.29. The van der Waals surface area contributed by atoms with Gasteiger partial charge in [-0.15, -0.1) is 11.3 Å². The van der Waals surface area contributed by atoms with E-state index >= 15 is 0 Å². The second-order valence-corrected chi connectivity index (χ2v) is 8.38. The van der Waals surface area contributed by atoms with Crippen LogP contribution in [-0.2, 0) is 13.0 Å². The van der Waals surface area contributed by atoms with Gasteiger partial charge in [-0.3, -0.25) is 14.2 Å². The summed E-state index contributed by atoms with van der Waals surface area (Å²) < 4.78 is 1.79. The van der Waals surface area contributed by atoms with E-state index in [1.165, 1.54) is 11.3 Å². The molecule has 0 fully saturated rings. The van der Waals surface area contributed by atoms with Crippen LogP contribution < -0.4 is 10.9 Å². The normalized spacial score (nSPS) is 14.0. The Morgan fingerprint density at radius 1 is 1.26 bits per heavy atom. The van der Waals surface area contributed by atoms with Crippen molar-refractivity contribution in [3.63, 3.8) is 0 Å². The summed E-state index contributed by atoms with van der Waals surface area (Å²) in [5, 5.41) is 4.13. The molecular weight excluding hydrogens is 382 g/mol. The molecule has 3 aromatic rings. The molecule has 140 valence electrons. The van der Waals surface area contributed by atoms with Gasteiger partial charge in [0, 0.05) is 23.7 Å². The smallest absolute Gasteiger partial charge is 0.266 e. The number of hydrogen-bond acceptors (Lipinski definition) is 4. The summed E-state index contributed by atoms with van der Waals surface area (Å²) in [7, 11) is 0. The average molecular weight is 402 g/mol. The number of carbonyl (C=O) groups excluding carboxylic acids is 1. The maximum Gasteiger partial charge on any atom is 0.266 e. The van der Waals surface area contributed by atoms with E-state index < -0.39 is 0 Å². The number of anilines is 1. The van der Waals surface area contributed by atoms with Crippen molar-refractivity contribution in [3.8, 4) is 0 Å². The van der Waals surface area contributed by atoms with Crippen LogP contribution in [0.1, 0.15) is 45.9 Å². The molecule has 0 bridgehead atoms. The van der Waals surface area contributed by atoms with Crippen LogP contribution in [0.3, 0.4) is 0 Å². The van der Waals surface area contributed by atoms with Gasteiger partial charge in [0.1, 0.15) is 10.7 Å². The van der Waals surface area contributed by atoms with Crippen LogP contribution >= 0.6 is 22.9 Å². The first-order valence-corrected chi connectivity index (χ1v) is 10.3. The molecule has 0 saturated carbocycles. The number of hydrogen-bond donors (Lipinski definition) is 1. The number of carbonyl (C=O) groups is 1. The molecule has 7 heteroatoms. The predicted molar refractivity (Wildman–Crippen MR) is 110 cm³/mol. The lowest BCUT2D eigenvalue weighted by molar-refractivity contribution is 0.103. The number of thiophene rings is 1. The first kappa shape index (κ1) is 18.2. The van der Waals surface area contributed by atoms with E-state index in [0.29, 0.717) is 37.9 Å². The van der Waals surface area contributed by atoms with Crippen LogP contribution in [0.5, 0.6) is 0 Å². The summed E-state index contributed by atoms with van der Waals surface area (Å²) in [5.74, 6) is 0.618. The molecule has 3 heterocycles. The van der Waals surface area contributed by atoms with Gasteiger partial charge < -0.3 is 5.32 Å². The molecule has 4 rings (SSSR count). The molecule has 27 heavy (non-hydrogen) atoms. The topological polar surface area (TPSA) is 64.0 Å². The number of aromatic nitrogens is 2. The maximum atomic E-state index is 13.0. The SMILES string of the molecule is Cc1cc(Cl)ccc1NC(=O)c1sc2nc3n(c(=O)c2c1C)CCCCC3. The van der Waals surface area contributed by atoms with Gasteiger partial charge in [-0.2, -0.15) is 0 Å². The molecule has 0 saturated heterocycles. The van der Waals surface area contributed by atoms with Crippen molar-refractivity contribution in [2.45, 2.75) is 46.1 Å². The third-order valence-corrected chi connectivity index (χ3v) is 6.47. The van der Waals surface area contributed by atoms with Crippen molar-refractivity contribution in [1.29, 1.82) is 0 Å². The van der Waals surface area contributed by atoms with Gasteiger partial charge in [0.15, 0.2) is 0 Å². The van der Waals surface area contributed by atoms with E-state index in [4.69, 9.17) is 16.6 Å². The first-order valence-electron chi connectivity index (χ1n) is 9.06. The molecule has 0 radical (unpaired) electrons. The second kappa shape index (κ2) is 7.09. The Morgan fingerprint density at radius 2 is 2.07 bits per heavy atom. The van der Waals surface area contributed by atoms with E-state index in [9.17, 15) is 9.59 Å². The van der Waals surface area contributed by atoms with E-state index in [2.05, 4.69) is 5.32 Å². The lowest BCUT2D eigenvalue weighted by Gasteiger charge is -2.08. The quantitative estimate of drug-likeness (QED) is 0.676. The molecule has 0 aliphatic carbocycles. The summed E-state index contributed by atoms with van der Waals surface area (Å²) in [4.78, 5) is 31.8. The van der Waals surface area contributed by atoms with Gasteiger partial charge >= 0.3 is 0 Å². The number of fused-ring (bicyclic) bond motifs is 2. The molecule has 1 aliphatic rings. The first-order chi connectivity index (χ1) is 13.0. The Labute approximate surface area is 166 Å². The highest BCUT2D eigenvalue weighted by atomic mass is 35.5. The zero-order valence-electron chi connectivity index (χ0n) is 15.3. The highest BCUT2D eigenvalue weighted by molar-refractivity contribution is 7.20. The van der Waals surface area contributed by atoms with Crippen LogP contribution in [0.2, 0.25) is 5.02 Å². The van der Waals surface area contributed by atoms with Crippen LogP contribution in [-0.4, -0.2) is 15.5 Å². The number of nitrogens with zero attached hydrogens (tertiary/aromatic N) is 2. The van der Waals surface area contributed by atoms with Crippen molar-refractivity contribution in [3.05, 3.63) is 55.4 Å². The molecule has 5 nitrogen and oxygen atoms in total. The van der Waals surface area contributed by atoms with Crippen molar-refractivity contribution in [2.75, 3.05) is 5.32 Å². The largest absolute Gasteiger partial charge is 0.321 e. The molecule has 0 atom stereocenters. The van der Waals surface area contributed by atoms with Gasteiger partial charge in [-0.1, -0.05) is 18.0 Å². The minimum atomic E-state index is -0.222.